The molecule has 0 amide bonds. The second kappa shape index (κ2) is 5.79. The largest absolute Gasteiger partial charge is 0.297 e. The summed E-state index contributed by atoms with van der Waals surface area (Å²) in [6.45, 7) is 3.97. The van der Waals surface area contributed by atoms with Gasteiger partial charge in [-0.25, -0.2) is 0 Å². The molecule has 1 aliphatic carbocycles. The Morgan fingerprint density at radius 3 is 2.55 bits per heavy atom. The maximum atomic E-state index is 12.6. The van der Waals surface area contributed by atoms with Gasteiger partial charge in [-0.2, -0.15) is 5.26 Å². The van der Waals surface area contributed by atoms with Gasteiger partial charge in [0.05, 0.1) is 6.07 Å². The molecular formula is C18H23NO. The van der Waals surface area contributed by atoms with Crippen molar-refractivity contribution in [2.45, 2.75) is 52.4 Å². The predicted octanol–water partition coefficient (Wildman–Crippen LogP) is 4.30. The smallest absolute Gasteiger partial charge is 0.158 e. The highest BCUT2D eigenvalue weighted by molar-refractivity contribution is 5.92. The maximum Gasteiger partial charge on any atom is 0.158 e. The van der Waals surface area contributed by atoms with E-state index >= 15 is 0 Å². The highest BCUT2D eigenvalue weighted by atomic mass is 16.1. The first kappa shape index (κ1) is 14.8. The quantitative estimate of drug-likeness (QED) is 0.817. The topological polar surface area (TPSA) is 40.9 Å². The third kappa shape index (κ3) is 2.93. The number of hydrogen-bond acceptors (Lipinski definition) is 2. The fourth-order valence-corrected chi connectivity index (χ4v) is 3.35. The molecule has 2 rings (SSSR count). The number of nitriles is 1. The van der Waals surface area contributed by atoms with Crippen molar-refractivity contribution in [3.05, 3.63) is 35.9 Å². The molecule has 0 radical (unpaired) electrons. The van der Waals surface area contributed by atoms with Gasteiger partial charge in [0.2, 0.25) is 0 Å². The Bertz CT molecular complexity index is 512. The number of hydrogen-bond donors (Lipinski definition) is 0. The molecule has 0 heterocycles. The van der Waals surface area contributed by atoms with Crippen LogP contribution in [0.1, 0.15) is 51.5 Å². The summed E-state index contributed by atoms with van der Waals surface area (Å²) in [7, 11) is 0. The lowest BCUT2D eigenvalue weighted by Gasteiger charge is -2.39. The zero-order chi connectivity index (χ0) is 14.6. The monoisotopic (exact) mass is 269 g/mol. The fourth-order valence-electron chi connectivity index (χ4n) is 3.35. The van der Waals surface area contributed by atoms with Crippen LogP contribution in [-0.2, 0) is 11.2 Å². The molecule has 0 N–H and O–H groups in total. The van der Waals surface area contributed by atoms with Gasteiger partial charge in [-0.05, 0) is 37.7 Å². The Kier molecular flexibility index (Phi) is 4.28. The molecule has 0 aliphatic heterocycles. The first-order valence-corrected chi connectivity index (χ1v) is 7.50. The summed E-state index contributed by atoms with van der Waals surface area (Å²) in [5, 5.41) is 9.57. The molecular weight excluding hydrogens is 246 g/mol. The molecule has 20 heavy (non-hydrogen) atoms. The summed E-state index contributed by atoms with van der Waals surface area (Å²) in [6, 6.07) is 12.6. The summed E-state index contributed by atoms with van der Waals surface area (Å²) in [6.07, 6.45) is 5.17. The standard InChI is InChI=1S/C18H23NO/c1-17(2)11-7-13-18(14-19,16(17)20)12-6-10-15-8-4-3-5-9-15/h3-5,8-9H,6-7,10-13H2,1-2H3. The Morgan fingerprint density at radius 2 is 1.90 bits per heavy atom. The van der Waals surface area contributed by atoms with Crippen LogP contribution in [0.3, 0.4) is 0 Å². The van der Waals surface area contributed by atoms with Crippen molar-refractivity contribution < 1.29 is 4.79 Å². The van der Waals surface area contributed by atoms with Crippen molar-refractivity contribution in [3.63, 3.8) is 0 Å². The van der Waals surface area contributed by atoms with Crippen molar-refractivity contribution in [3.8, 4) is 6.07 Å². The molecule has 1 aliphatic rings. The van der Waals surface area contributed by atoms with Crippen LogP contribution in [0.5, 0.6) is 0 Å². The van der Waals surface area contributed by atoms with Crippen molar-refractivity contribution >= 4 is 5.78 Å². The SMILES string of the molecule is CC1(C)CCCC(C#N)(CCCc2ccccc2)C1=O. The summed E-state index contributed by atoms with van der Waals surface area (Å²) in [4.78, 5) is 12.6. The predicted molar refractivity (Wildman–Crippen MR) is 80.1 cm³/mol. The third-order valence-electron chi connectivity index (χ3n) is 4.58. The van der Waals surface area contributed by atoms with E-state index in [2.05, 4.69) is 18.2 Å². The third-order valence-corrected chi connectivity index (χ3v) is 4.58. The minimum atomic E-state index is -0.740. The van der Waals surface area contributed by atoms with E-state index in [1.54, 1.807) is 0 Å². The zero-order valence-electron chi connectivity index (χ0n) is 12.5. The van der Waals surface area contributed by atoms with E-state index in [9.17, 15) is 10.1 Å². The lowest BCUT2D eigenvalue weighted by atomic mass is 9.61. The Morgan fingerprint density at radius 1 is 1.20 bits per heavy atom. The number of carbonyl (C=O) groups is 1. The molecule has 0 saturated heterocycles. The van der Waals surface area contributed by atoms with E-state index in [0.717, 1.165) is 32.1 Å². The molecule has 1 aromatic carbocycles. The number of Topliss-reactive ketones (excluding diaryl/α,β-unsaturated/α-hetero) is 1. The highest BCUT2D eigenvalue weighted by Gasteiger charge is 2.48. The van der Waals surface area contributed by atoms with Gasteiger partial charge < -0.3 is 0 Å². The Hall–Kier alpha value is -1.62. The van der Waals surface area contributed by atoms with Gasteiger partial charge in [-0.15, -0.1) is 0 Å². The Balaban J connectivity index is 2.02. The van der Waals surface area contributed by atoms with Gasteiger partial charge >= 0.3 is 0 Å². The molecule has 1 unspecified atom stereocenters. The second-order valence-electron chi connectivity index (χ2n) is 6.60. The first-order chi connectivity index (χ1) is 9.50. The maximum absolute atomic E-state index is 12.6. The average Bonchev–Trinajstić information content (AvgIpc) is 2.45. The number of benzene rings is 1. The van der Waals surface area contributed by atoms with Gasteiger partial charge in [0, 0.05) is 5.41 Å². The van der Waals surface area contributed by atoms with Crippen molar-refractivity contribution in [2.24, 2.45) is 10.8 Å². The van der Waals surface area contributed by atoms with E-state index in [4.69, 9.17) is 0 Å². The molecule has 1 aromatic rings. The number of rotatable bonds is 4. The molecule has 106 valence electrons. The van der Waals surface area contributed by atoms with Crippen molar-refractivity contribution in [1.82, 2.24) is 0 Å². The van der Waals surface area contributed by atoms with Gasteiger partial charge in [0.15, 0.2) is 5.78 Å². The fraction of sp³-hybridized carbons (Fsp3) is 0.556. The molecule has 1 atom stereocenters. The second-order valence-corrected chi connectivity index (χ2v) is 6.60. The minimum Gasteiger partial charge on any atom is -0.297 e. The zero-order valence-corrected chi connectivity index (χ0v) is 12.5. The lowest BCUT2D eigenvalue weighted by Crippen LogP contribution is -2.43. The van der Waals surface area contributed by atoms with E-state index < -0.39 is 5.41 Å². The Labute approximate surface area is 121 Å². The summed E-state index contributed by atoms with van der Waals surface area (Å²) < 4.78 is 0. The van der Waals surface area contributed by atoms with Crippen LogP contribution in [0.25, 0.3) is 0 Å². The molecule has 1 fully saturated rings. The lowest BCUT2D eigenvalue weighted by molar-refractivity contribution is -0.138. The van der Waals surface area contributed by atoms with E-state index in [0.29, 0.717) is 6.42 Å². The van der Waals surface area contributed by atoms with Crippen LogP contribution >= 0.6 is 0 Å². The van der Waals surface area contributed by atoms with Gasteiger partial charge in [-0.3, -0.25) is 4.79 Å². The first-order valence-electron chi connectivity index (χ1n) is 7.50. The van der Waals surface area contributed by atoms with E-state index in [-0.39, 0.29) is 11.2 Å². The summed E-state index contributed by atoms with van der Waals surface area (Å²) in [5.41, 5.74) is 0.208. The van der Waals surface area contributed by atoms with Crippen LogP contribution in [0, 0.1) is 22.2 Å². The summed E-state index contributed by atoms with van der Waals surface area (Å²) in [5.74, 6) is 0.159. The van der Waals surface area contributed by atoms with Crippen LogP contribution in [0.4, 0.5) is 0 Å². The highest BCUT2D eigenvalue weighted by Crippen LogP contribution is 2.45. The van der Waals surface area contributed by atoms with Crippen molar-refractivity contribution in [2.75, 3.05) is 0 Å². The molecule has 0 aromatic heterocycles. The summed E-state index contributed by atoms with van der Waals surface area (Å²) >= 11 is 0. The molecule has 2 nitrogen and oxygen atoms in total. The molecule has 0 spiro atoms. The molecule has 1 saturated carbocycles. The average molecular weight is 269 g/mol. The van der Waals surface area contributed by atoms with Crippen LogP contribution < -0.4 is 0 Å². The van der Waals surface area contributed by atoms with Crippen LogP contribution in [-0.4, -0.2) is 5.78 Å². The van der Waals surface area contributed by atoms with Gasteiger partial charge in [0.1, 0.15) is 5.41 Å². The van der Waals surface area contributed by atoms with Gasteiger partial charge in [-0.1, -0.05) is 50.6 Å². The van der Waals surface area contributed by atoms with Crippen LogP contribution in [0.2, 0.25) is 0 Å². The number of aryl methyl sites for hydroxylation is 1. The number of nitrogens with zero attached hydrogens (tertiary/aromatic N) is 1. The van der Waals surface area contributed by atoms with Crippen molar-refractivity contribution in [1.29, 1.82) is 5.26 Å². The van der Waals surface area contributed by atoms with E-state index in [1.165, 1.54) is 5.56 Å². The van der Waals surface area contributed by atoms with Gasteiger partial charge in [0.25, 0.3) is 0 Å². The minimum absolute atomic E-state index is 0.159. The number of ketones is 1. The molecule has 2 heteroatoms. The van der Waals surface area contributed by atoms with E-state index in [1.807, 2.05) is 32.0 Å². The molecule has 0 bridgehead atoms. The number of carbonyl (C=O) groups excluding carboxylic acids is 1. The van der Waals surface area contributed by atoms with Crippen LogP contribution in [0.15, 0.2) is 30.3 Å². The normalized spacial score (nSPS) is 25.1.